The number of aryl methyl sites for hydroxylation is 1. The van der Waals surface area contributed by atoms with Crippen LogP contribution in [-0.2, 0) is 11.2 Å². The number of methoxy groups -OCH3 is 1. The van der Waals surface area contributed by atoms with Gasteiger partial charge in [0, 0.05) is 26.4 Å². The molecule has 0 bridgehead atoms. The van der Waals surface area contributed by atoms with Crippen LogP contribution in [0.2, 0.25) is 0 Å². The Balaban J connectivity index is 2.01. The van der Waals surface area contributed by atoms with E-state index in [9.17, 15) is 5.11 Å². The second-order valence-electron chi connectivity index (χ2n) is 4.59. The summed E-state index contributed by atoms with van der Waals surface area (Å²) in [7, 11) is 1.71. The van der Waals surface area contributed by atoms with E-state index in [-0.39, 0.29) is 6.10 Å². The molecule has 2 nitrogen and oxygen atoms in total. The van der Waals surface area contributed by atoms with Crippen LogP contribution in [0.1, 0.15) is 24.0 Å². The van der Waals surface area contributed by atoms with Crippen LogP contribution >= 0.6 is 0 Å². The Hall–Kier alpha value is -0.860. The summed E-state index contributed by atoms with van der Waals surface area (Å²) in [6.07, 6.45) is 2.52. The van der Waals surface area contributed by atoms with Gasteiger partial charge in [0.05, 0.1) is 11.7 Å². The zero-order chi connectivity index (χ0) is 10.9. The minimum absolute atomic E-state index is 0.249. The minimum Gasteiger partial charge on any atom is -0.389 e. The topological polar surface area (TPSA) is 29.5 Å². The first-order valence-corrected chi connectivity index (χ1v) is 5.43. The van der Waals surface area contributed by atoms with E-state index in [1.165, 1.54) is 11.1 Å². The molecule has 1 saturated carbocycles. The average Bonchev–Trinajstić information content (AvgIpc) is 2.17. The van der Waals surface area contributed by atoms with E-state index in [2.05, 4.69) is 19.1 Å². The maximum absolute atomic E-state index is 10.2. The molecule has 1 aromatic rings. The molecule has 0 spiro atoms. The van der Waals surface area contributed by atoms with Crippen LogP contribution < -0.4 is 0 Å². The predicted octanol–water partition coefficient (Wildman–Crippen LogP) is 2.08. The van der Waals surface area contributed by atoms with Crippen molar-refractivity contribution in [3.8, 4) is 0 Å². The van der Waals surface area contributed by atoms with E-state index in [0.29, 0.717) is 0 Å². The first kappa shape index (κ1) is 10.7. The standard InChI is InChI=1S/C13H18O2/c1-10-5-3-4-6-11(10)7-13(14)8-12(9-13)15-2/h3-6,12,14H,7-9H2,1-2H3. The second-order valence-corrected chi connectivity index (χ2v) is 4.59. The monoisotopic (exact) mass is 206 g/mol. The molecule has 0 saturated heterocycles. The summed E-state index contributed by atoms with van der Waals surface area (Å²) >= 11 is 0. The summed E-state index contributed by atoms with van der Waals surface area (Å²) in [5.74, 6) is 0. The van der Waals surface area contributed by atoms with E-state index in [1.54, 1.807) is 7.11 Å². The quantitative estimate of drug-likeness (QED) is 0.820. The van der Waals surface area contributed by atoms with E-state index in [1.807, 2.05) is 12.1 Å². The summed E-state index contributed by atoms with van der Waals surface area (Å²) in [4.78, 5) is 0. The summed E-state index contributed by atoms with van der Waals surface area (Å²) in [6, 6.07) is 8.23. The maximum atomic E-state index is 10.2. The van der Waals surface area contributed by atoms with Gasteiger partial charge in [-0.05, 0) is 18.1 Å². The number of benzene rings is 1. The number of aliphatic hydroxyl groups is 1. The number of ether oxygens (including phenoxy) is 1. The molecule has 1 aliphatic rings. The highest BCUT2D eigenvalue weighted by Gasteiger charge is 2.42. The van der Waals surface area contributed by atoms with Gasteiger partial charge in [-0.25, -0.2) is 0 Å². The van der Waals surface area contributed by atoms with E-state index < -0.39 is 5.60 Å². The van der Waals surface area contributed by atoms with Crippen LogP contribution in [0, 0.1) is 6.92 Å². The van der Waals surface area contributed by atoms with E-state index in [4.69, 9.17) is 4.74 Å². The van der Waals surface area contributed by atoms with Gasteiger partial charge >= 0.3 is 0 Å². The molecule has 0 radical (unpaired) electrons. The van der Waals surface area contributed by atoms with Crippen LogP contribution in [0.4, 0.5) is 0 Å². The zero-order valence-electron chi connectivity index (χ0n) is 9.36. The van der Waals surface area contributed by atoms with E-state index in [0.717, 1.165) is 19.3 Å². The van der Waals surface area contributed by atoms with Crippen LogP contribution in [0.25, 0.3) is 0 Å². The SMILES string of the molecule is COC1CC(O)(Cc2ccccc2C)C1. The second kappa shape index (κ2) is 3.95. The van der Waals surface area contributed by atoms with Gasteiger partial charge in [0.2, 0.25) is 0 Å². The molecular weight excluding hydrogens is 188 g/mol. The summed E-state index contributed by atoms with van der Waals surface area (Å²) in [5.41, 5.74) is 1.97. The molecule has 0 atom stereocenters. The number of rotatable bonds is 3. The smallest absolute Gasteiger partial charge is 0.0737 e. The molecule has 0 heterocycles. The fourth-order valence-electron chi connectivity index (χ4n) is 2.26. The Morgan fingerprint density at radius 2 is 2.07 bits per heavy atom. The molecule has 2 heteroatoms. The highest BCUT2D eigenvalue weighted by molar-refractivity contribution is 5.27. The fraction of sp³-hybridized carbons (Fsp3) is 0.538. The lowest BCUT2D eigenvalue weighted by Gasteiger charge is -2.43. The fourth-order valence-corrected chi connectivity index (χ4v) is 2.26. The number of hydrogen-bond donors (Lipinski definition) is 1. The third kappa shape index (κ3) is 2.21. The molecule has 1 aliphatic carbocycles. The van der Waals surface area contributed by atoms with Gasteiger partial charge in [0.15, 0.2) is 0 Å². The van der Waals surface area contributed by atoms with Gasteiger partial charge in [0.25, 0.3) is 0 Å². The summed E-state index contributed by atoms with van der Waals surface area (Å²) in [6.45, 7) is 2.09. The van der Waals surface area contributed by atoms with Crippen molar-refractivity contribution >= 4 is 0 Å². The van der Waals surface area contributed by atoms with Crippen molar-refractivity contribution in [2.45, 2.75) is 37.9 Å². The van der Waals surface area contributed by atoms with Crippen LogP contribution in [0.3, 0.4) is 0 Å². The number of hydrogen-bond acceptors (Lipinski definition) is 2. The Morgan fingerprint density at radius 3 is 2.67 bits per heavy atom. The molecule has 2 rings (SSSR count). The third-order valence-electron chi connectivity index (χ3n) is 3.33. The van der Waals surface area contributed by atoms with E-state index >= 15 is 0 Å². The van der Waals surface area contributed by atoms with Crippen molar-refractivity contribution in [2.24, 2.45) is 0 Å². The average molecular weight is 206 g/mol. The zero-order valence-corrected chi connectivity index (χ0v) is 9.36. The largest absolute Gasteiger partial charge is 0.389 e. The van der Waals surface area contributed by atoms with Crippen molar-refractivity contribution in [3.05, 3.63) is 35.4 Å². The lowest BCUT2D eigenvalue weighted by atomic mass is 9.73. The Labute approximate surface area is 90.9 Å². The van der Waals surface area contributed by atoms with Gasteiger partial charge in [0.1, 0.15) is 0 Å². The highest BCUT2D eigenvalue weighted by atomic mass is 16.5. The van der Waals surface area contributed by atoms with Crippen molar-refractivity contribution in [2.75, 3.05) is 7.11 Å². The van der Waals surface area contributed by atoms with Gasteiger partial charge in [-0.3, -0.25) is 0 Å². The first-order chi connectivity index (χ1) is 7.13. The van der Waals surface area contributed by atoms with Gasteiger partial charge in [-0.15, -0.1) is 0 Å². The molecule has 82 valence electrons. The molecule has 0 unspecified atom stereocenters. The van der Waals surface area contributed by atoms with Crippen molar-refractivity contribution in [3.63, 3.8) is 0 Å². The Morgan fingerprint density at radius 1 is 1.40 bits per heavy atom. The van der Waals surface area contributed by atoms with Gasteiger partial charge in [-0.1, -0.05) is 24.3 Å². The van der Waals surface area contributed by atoms with Crippen LogP contribution in [0.5, 0.6) is 0 Å². The third-order valence-corrected chi connectivity index (χ3v) is 3.33. The van der Waals surface area contributed by atoms with Crippen LogP contribution in [-0.4, -0.2) is 23.9 Å². The molecule has 0 aliphatic heterocycles. The Kier molecular flexibility index (Phi) is 2.81. The summed E-state index contributed by atoms with van der Waals surface area (Å²) < 4.78 is 5.19. The van der Waals surface area contributed by atoms with Crippen molar-refractivity contribution in [1.82, 2.24) is 0 Å². The summed E-state index contributed by atoms with van der Waals surface area (Å²) in [5, 5.41) is 10.2. The minimum atomic E-state index is -0.535. The molecule has 0 amide bonds. The predicted molar refractivity (Wildman–Crippen MR) is 59.9 cm³/mol. The maximum Gasteiger partial charge on any atom is 0.0737 e. The van der Waals surface area contributed by atoms with Gasteiger partial charge < -0.3 is 9.84 Å². The molecule has 1 N–H and O–H groups in total. The lowest BCUT2D eigenvalue weighted by molar-refractivity contribution is -0.126. The molecule has 0 aromatic heterocycles. The molecule has 1 fully saturated rings. The molecule has 15 heavy (non-hydrogen) atoms. The Bertz CT molecular complexity index is 340. The lowest BCUT2D eigenvalue weighted by Crippen LogP contribution is -2.49. The molecular formula is C13H18O2. The first-order valence-electron chi connectivity index (χ1n) is 5.43. The normalized spacial score (nSPS) is 29.9. The van der Waals surface area contributed by atoms with Crippen LogP contribution in [0.15, 0.2) is 24.3 Å². The van der Waals surface area contributed by atoms with Gasteiger partial charge in [-0.2, -0.15) is 0 Å². The van der Waals surface area contributed by atoms with Crippen molar-refractivity contribution in [1.29, 1.82) is 0 Å². The molecule has 1 aromatic carbocycles. The van der Waals surface area contributed by atoms with Crippen molar-refractivity contribution < 1.29 is 9.84 Å². The highest BCUT2D eigenvalue weighted by Crippen LogP contribution is 2.37.